The average Bonchev–Trinajstić information content (AvgIpc) is 0.848. The van der Waals surface area contributed by atoms with E-state index in [2.05, 4.69) is 6.92 Å². The fourth-order valence-corrected chi connectivity index (χ4v) is 10.7. The van der Waals surface area contributed by atoms with Crippen LogP contribution in [-0.4, -0.2) is 82.0 Å². The van der Waals surface area contributed by atoms with Gasteiger partial charge in [-0.2, -0.15) is 0 Å². The van der Waals surface area contributed by atoms with Crippen LogP contribution in [0.25, 0.3) is 0 Å². The van der Waals surface area contributed by atoms with Crippen molar-refractivity contribution in [3.63, 3.8) is 0 Å². The van der Waals surface area contributed by atoms with Gasteiger partial charge in [-0.05, 0) is 136 Å². The van der Waals surface area contributed by atoms with E-state index >= 15 is 0 Å². The predicted molar refractivity (Wildman–Crippen MR) is 257 cm³/mol. The minimum atomic E-state index is -6.31. The van der Waals surface area contributed by atoms with Crippen molar-refractivity contribution in [3.8, 4) is 0 Å². The second kappa shape index (κ2) is 27.1. The summed E-state index contributed by atoms with van der Waals surface area (Å²) in [6.07, 6.45) is -3.87. The number of hydrogen-bond donors (Lipinski definition) is 0. The first kappa shape index (κ1) is 20.8. The summed E-state index contributed by atoms with van der Waals surface area (Å²) < 4.78 is 337. The molecule has 0 aliphatic carbocycles. The van der Waals surface area contributed by atoms with Crippen LogP contribution in [0.3, 0.4) is 0 Å². The topological polar surface area (TPSA) is 72.5 Å². The van der Waals surface area contributed by atoms with E-state index in [-0.39, 0.29) is 69.8 Å². The molecule has 0 spiro atoms. The van der Waals surface area contributed by atoms with Crippen LogP contribution in [0, 0.1) is 0 Å². The zero-order chi connectivity index (χ0) is 73.4. The first-order valence-corrected chi connectivity index (χ1v) is 29.0. The van der Waals surface area contributed by atoms with Crippen molar-refractivity contribution >= 4 is 39.2 Å². The number of unbranched alkanes of at least 4 members (excludes halogenated alkanes) is 13. The van der Waals surface area contributed by atoms with Crippen LogP contribution in [-0.2, 0) is 32.0 Å². The molecule has 342 valence electrons. The molecule has 58 heavy (non-hydrogen) atoms. The molecule has 1 fully saturated rings. The molecule has 2 rings (SSSR count). The summed E-state index contributed by atoms with van der Waals surface area (Å²) >= 11 is 0. The number of carbonyl (C=O) groups is 1. The molecule has 0 unspecified atom stereocenters. The molecule has 0 bridgehead atoms. The molecule has 0 aromatic carbocycles. The third-order valence-electron chi connectivity index (χ3n) is 10.4. The zero-order valence-electron chi connectivity index (χ0n) is 70.7. The monoisotopic (exact) mass is 921 g/mol. The highest BCUT2D eigenvalue weighted by atomic mass is 28.4. The van der Waals surface area contributed by atoms with Crippen molar-refractivity contribution in [1.29, 1.82) is 0 Å². The van der Waals surface area contributed by atoms with Crippen LogP contribution >= 0.6 is 0 Å². The maximum Gasteiger partial charge on any atom is 0.334 e. The van der Waals surface area contributed by atoms with Gasteiger partial charge in [0.25, 0.3) is 0 Å². The summed E-state index contributed by atoms with van der Waals surface area (Å²) in [5.41, 5.74) is -0.0209. The molecule has 0 saturated carbocycles. The van der Waals surface area contributed by atoms with Gasteiger partial charge < -0.3 is 27.2 Å². The molecule has 0 aromatic heterocycles. The van der Waals surface area contributed by atoms with Gasteiger partial charge in [0.2, 0.25) is 0 Å². The molecule has 1 saturated heterocycles. The molecule has 2 aliphatic rings. The summed E-state index contributed by atoms with van der Waals surface area (Å²) in [5.74, 6) is -0.824. The van der Waals surface area contributed by atoms with Crippen LogP contribution < -0.4 is 0 Å². The second-order valence-corrected chi connectivity index (χ2v) is 22.6. The van der Waals surface area contributed by atoms with Gasteiger partial charge in [0, 0.05) is 73.5 Å². The molecule has 0 N–H and O–H groups in total. The number of rotatable bonds is 34. The third-order valence-corrected chi connectivity index (χ3v) is 13.1. The van der Waals surface area contributed by atoms with Crippen LogP contribution in [0.1, 0.15) is 211 Å². The number of hydrogen-bond acceptors (Lipinski definition) is 7. The molecule has 0 radical (unpaired) electrons. The van der Waals surface area contributed by atoms with Crippen LogP contribution in [0.2, 0.25) is 77.7 Å². The minimum Gasteiger partial charge on any atom is -0.455 e. The maximum absolute atomic E-state index is 12.7. The van der Waals surface area contributed by atoms with Gasteiger partial charge in [0.05, 0.1) is 24.4 Å². The first-order chi connectivity index (χ1) is 42.0. The lowest BCUT2D eigenvalue weighted by atomic mass is 9.98. The summed E-state index contributed by atoms with van der Waals surface area (Å²) in [4.78, 5) is 12.7. The van der Waals surface area contributed by atoms with Gasteiger partial charge in [-0.25, -0.2) is 4.79 Å². The number of cyclic esters (lactones) is 1. The normalized spacial score (nSPS) is 33.4. The van der Waals surface area contributed by atoms with Crippen molar-refractivity contribution in [1.82, 2.24) is 0 Å². The Labute approximate surface area is 414 Å². The average molecular weight is 922 g/mol. The molecular weight excluding hydrogens is 789 g/mol. The fourth-order valence-electron chi connectivity index (χ4n) is 7.78. The molecular formula is C47H96O7Si4. The number of ether oxygens (including phenoxy) is 2. The van der Waals surface area contributed by atoms with E-state index in [9.17, 15) is 4.79 Å². The van der Waals surface area contributed by atoms with E-state index in [0.29, 0.717) is 12.8 Å². The molecule has 7 atom stereocenters. The van der Waals surface area contributed by atoms with Gasteiger partial charge in [-0.1, -0.05) is 103 Å². The predicted octanol–water partition coefficient (Wildman–Crippen LogP) is 14.5. The Bertz CT molecular complexity index is 2210. The molecule has 0 aromatic rings. The van der Waals surface area contributed by atoms with Crippen LogP contribution in [0.5, 0.6) is 0 Å². The van der Waals surface area contributed by atoms with Gasteiger partial charge in [-0.15, -0.1) is 0 Å². The highest BCUT2D eigenvalue weighted by Crippen LogP contribution is 2.34. The van der Waals surface area contributed by atoms with Crippen LogP contribution in [0.15, 0.2) is 11.6 Å². The highest BCUT2D eigenvalue weighted by molar-refractivity contribution is 6.70. The van der Waals surface area contributed by atoms with E-state index in [4.69, 9.17) is 76.5 Å². The molecule has 11 heteroatoms. The highest BCUT2D eigenvalue weighted by Gasteiger charge is 2.40. The van der Waals surface area contributed by atoms with E-state index in [1.54, 1.807) is 0 Å². The van der Waals surface area contributed by atoms with E-state index < -0.39 is 185 Å². The number of carbonyl (C=O) groups excluding carboxylic acids is 1. The quantitative estimate of drug-likeness (QED) is 0.0362. The molecule has 7 nitrogen and oxygen atoms in total. The van der Waals surface area contributed by atoms with Crippen molar-refractivity contribution in [3.05, 3.63) is 11.6 Å². The SMILES string of the molecule is [2H]C([2H])([2H])[Si](O[C@@H](CCCCCCC[C@H](CC1=C[C@H](C)OC1=O)O[Si](C([2H])([2H])[2H])(C([2H])([2H])[2H])C([2H])([2H])[2H])CC[C@@H](O[Si](C([2H])([2H])[2H])(C([2H])([2H])[2H])C([2H])([2H])[2H])[C@H]1CC[C@H]([C@@H](CCCCCCCCCCCC)O[Si](C([2H])([2H])[2H])(C([2H])([2H])[2H])C([2H])([2H])[2H])O1)(C([2H])([2H])[2H])C([2H])([2H])[2H]. The number of esters is 1. The largest absolute Gasteiger partial charge is 0.455 e. The lowest BCUT2D eigenvalue weighted by Gasteiger charge is -2.34. The van der Waals surface area contributed by atoms with Gasteiger partial charge >= 0.3 is 5.97 Å². The molecule has 0 amide bonds. The second-order valence-electron chi connectivity index (χ2n) is 16.2. The van der Waals surface area contributed by atoms with E-state index in [1.165, 1.54) is 13.0 Å². The van der Waals surface area contributed by atoms with Crippen molar-refractivity contribution in [2.45, 2.75) is 282 Å². The Kier molecular flexibility index (Phi) is 9.74. The standard InChI is InChI=1S/C47H96O7Si4/c1-15-16-17-18-19-20-21-22-26-29-32-45(53-57(9,10)11)43-35-36-44(50-43)46(54-58(12,13)14)34-33-41(51-55(3,4)5)30-27-24-23-25-28-31-42(52-56(6,7)8)38-40-37-39(2)49-47(40)48/h37,39,41-46H,15-36,38H2,1-14H3/t39-,41-,42+,43+,44+,45+,46+/m0/s1/i3D3,4D3,5D3,6D3,7D3,8D3,9D3,10D3,11D3,12D3,13D3,14D3. The summed E-state index contributed by atoms with van der Waals surface area (Å²) in [5, 5.41) is 0. The molecule has 2 heterocycles. The van der Waals surface area contributed by atoms with Crippen molar-refractivity contribution in [2.24, 2.45) is 0 Å². The molecule has 2 aliphatic heterocycles. The maximum atomic E-state index is 12.7. The third kappa shape index (κ3) is 26.4. The van der Waals surface area contributed by atoms with E-state index in [1.807, 2.05) is 0 Å². The lowest BCUT2D eigenvalue weighted by Crippen LogP contribution is -2.42. The Morgan fingerprint density at radius 3 is 1.45 bits per heavy atom. The Morgan fingerprint density at radius 1 is 0.569 bits per heavy atom. The fraction of sp³-hybridized carbons (Fsp3) is 0.936. The van der Waals surface area contributed by atoms with Gasteiger partial charge in [0.1, 0.15) is 6.10 Å². The van der Waals surface area contributed by atoms with Gasteiger partial charge in [0.15, 0.2) is 33.3 Å². The smallest absolute Gasteiger partial charge is 0.334 e. The summed E-state index contributed by atoms with van der Waals surface area (Å²) in [6.45, 7) is -41.7. The minimum absolute atomic E-state index is 0.0209. The van der Waals surface area contributed by atoms with Crippen LogP contribution in [0.4, 0.5) is 0 Å². The zero-order valence-corrected chi connectivity index (χ0v) is 38.7. The van der Waals surface area contributed by atoms with Gasteiger partial charge in [-0.3, -0.25) is 0 Å². The van der Waals surface area contributed by atoms with E-state index in [0.717, 1.165) is 44.9 Å². The lowest BCUT2D eigenvalue weighted by molar-refractivity contribution is -0.139. The Balaban J connectivity index is 2.82. The summed E-state index contributed by atoms with van der Waals surface area (Å²) in [6, 6.07) is 0. The summed E-state index contributed by atoms with van der Waals surface area (Å²) in [7, 11) is -24.3. The Hall–Kier alpha value is -0.122. The Morgan fingerprint density at radius 2 is 0.983 bits per heavy atom. The van der Waals surface area contributed by atoms with Crippen molar-refractivity contribution in [2.75, 3.05) is 0 Å². The van der Waals surface area contributed by atoms with Crippen molar-refractivity contribution < 1.29 is 81.3 Å². The first-order valence-electron chi connectivity index (χ1n) is 39.3.